The number of hydrogen-bond donors (Lipinski definition) is 1. The third kappa shape index (κ3) is 3.29. The van der Waals surface area contributed by atoms with Crippen molar-refractivity contribution >= 4 is 11.6 Å². The average molecular weight is 388 g/mol. The lowest BCUT2D eigenvalue weighted by Gasteiger charge is -2.42. The molecule has 0 aromatic heterocycles. The van der Waals surface area contributed by atoms with E-state index in [2.05, 4.69) is 5.32 Å². The van der Waals surface area contributed by atoms with Gasteiger partial charge in [0.15, 0.2) is 11.5 Å². The molecule has 0 saturated heterocycles. The van der Waals surface area contributed by atoms with E-state index in [0.29, 0.717) is 17.1 Å². The van der Waals surface area contributed by atoms with E-state index in [1.165, 1.54) is 0 Å². The zero-order valence-electron chi connectivity index (χ0n) is 16.8. The predicted octanol–water partition coefficient (Wildman–Crippen LogP) is 5.03. The molecular formula is C24H24N2O3. The lowest BCUT2D eigenvalue weighted by atomic mass is 9.98. The average Bonchev–Trinajstić information content (AvgIpc) is 2.78. The Morgan fingerprint density at radius 1 is 0.897 bits per heavy atom. The van der Waals surface area contributed by atoms with Crippen molar-refractivity contribution in [2.75, 3.05) is 19.5 Å². The Kier molecular flexibility index (Phi) is 5.12. The molecule has 1 aliphatic rings. The molecular weight excluding hydrogens is 364 g/mol. The Hall–Kier alpha value is -3.47. The molecule has 2 atom stereocenters. The number of nitrogens with zero attached hydrogens (tertiary/aromatic N) is 1. The summed E-state index contributed by atoms with van der Waals surface area (Å²) in [6.45, 7) is 2.04. The highest BCUT2D eigenvalue weighted by Gasteiger charge is 2.38. The largest absolute Gasteiger partial charge is 0.493 e. The van der Waals surface area contributed by atoms with Crippen molar-refractivity contribution < 1.29 is 14.3 Å². The van der Waals surface area contributed by atoms with Crippen molar-refractivity contribution in [3.05, 3.63) is 89.5 Å². The van der Waals surface area contributed by atoms with Gasteiger partial charge in [0, 0.05) is 11.3 Å². The number of ether oxygens (including phenoxy) is 2. The molecule has 3 aromatic carbocycles. The van der Waals surface area contributed by atoms with Gasteiger partial charge >= 0.3 is 0 Å². The van der Waals surface area contributed by atoms with E-state index in [-0.39, 0.29) is 11.9 Å². The van der Waals surface area contributed by atoms with Gasteiger partial charge in [0.05, 0.1) is 25.8 Å². The maximum Gasteiger partial charge on any atom is 0.258 e. The highest BCUT2D eigenvalue weighted by molar-refractivity contribution is 6.02. The van der Waals surface area contributed by atoms with Gasteiger partial charge in [-0.3, -0.25) is 4.79 Å². The van der Waals surface area contributed by atoms with Crippen LogP contribution in [0.4, 0.5) is 5.69 Å². The Labute approximate surface area is 170 Å². The molecule has 1 aliphatic heterocycles. The van der Waals surface area contributed by atoms with Gasteiger partial charge in [-0.1, -0.05) is 54.6 Å². The van der Waals surface area contributed by atoms with Crippen LogP contribution in [0.2, 0.25) is 0 Å². The van der Waals surface area contributed by atoms with Crippen molar-refractivity contribution in [3.8, 4) is 11.5 Å². The first-order valence-electron chi connectivity index (χ1n) is 9.59. The molecule has 0 aliphatic carbocycles. The molecule has 1 amide bonds. The molecule has 5 nitrogen and oxygen atoms in total. The maximum absolute atomic E-state index is 13.6. The van der Waals surface area contributed by atoms with Crippen LogP contribution in [0.1, 0.15) is 40.6 Å². The molecule has 1 heterocycles. The van der Waals surface area contributed by atoms with E-state index >= 15 is 0 Å². The zero-order valence-corrected chi connectivity index (χ0v) is 16.8. The number of para-hydroxylation sites is 2. The van der Waals surface area contributed by atoms with Crippen LogP contribution < -0.4 is 14.8 Å². The molecule has 0 radical (unpaired) electrons. The molecule has 0 unspecified atom stereocenters. The second kappa shape index (κ2) is 7.87. The van der Waals surface area contributed by atoms with E-state index < -0.39 is 6.17 Å². The van der Waals surface area contributed by atoms with E-state index in [9.17, 15) is 4.79 Å². The fourth-order valence-electron chi connectivity index (χ4n) is 3.92. The van der Waals surface area contributed by atoms with Crippen LogP contribution in [-0.4, -0.2) is 25.0 Å². The van der Waals surface area contributed by atoms with Crippen LogP contribution in [0.5, 0.6) is 11.5 Å². The minimum absolute atomic E-state index is 0.0226. The number of hydrogen-bond acceptors (Lipinski definition) is 4. The van der Waals surface area contributed by atoms with Gasteiger partial charge in [0.25, 0.3) is 5.91 Å². The minimum Gasteiger partial charge on any atom is -0.493 e. The van der Waals surface area contributed by atoms with E-state index in [1.54, 1.807) is 14.2 Å². The second-order valence-corrected chi connectivity index (χ2v) is 6.97. The predicted molar refractivity (Wildman–Crippen MR) is 113 cm³/mol. The molecule has 1 N–H and O–H groups in total. The maximum atomic E-state index is 13.6. The number of fused-ring (bicyclic) bond motifs is 1. The summed E-state index contributed by atoms with van der Waals surface area (Å²) in [6.07, 6.45) is -0.405. The topological polar surface area (TPSA) is 50.8 Å². The number of benzene rings is 3. The van der Waals surface area contributed by atoms with Crippen LogP contribution >= 0.6 is 0 Å². The number of rotatable bonds is 5. The summed E-state index contributed by atoms with van der Waals surface area (Å²) in [5.41, 5.74) is 3.38. The number of carbonyl (C=O) groups excluding carboxylic acids is 1. The highest BCUT2D eigenvalue weighted by Crippen LogP contribution is 2.43. The summed E-state index contributed by atoms with van der Waals surface area (Å²) in [5.74, 6) is 1.22. The summed E-state index contributed by atoms with van der Waals surface area (Å²) in [6, 6.07) is 23.2. The Morgan fingerprint density at radius 2 is 1.62 bits per heavy atom. The normalized spacial score (nSPS) is 16.6. The lowest BCUT2D eigenvalue weighted by Crippen LogP contribution is -2.44. The van der Waals surface area contributed by atoms with Gasteiger partial charge in [0.2, 0.25) is 0 Å². The molecule has 0 bridgehead atoms. The van der Waals surface area contributed by atoms with Crippen molar-refractivity contribution in [2.24, 2.45) is 0 Å². The lowest BCUT2D eigenvalue weighted by molar-refractivity contribution is 0.0593. The van der Waals surface area contributed by atoms with Crippen molar-refractivity contribution in [1.82, 2.24) is 4.90 Å². The number of carbonyl (C=O) groups is 1. The number of methoxy groups -OCH3 is 2. The van der Waals surface area contributed by atoms with E-state index in [1.807, 2.05) is 84.6 Å². The minimum atomic E-state index is -0.405. The van der Waals surface area contributed by atoms with Crippen LogP contribution in [0, 0.1) is 0 Å². The third-order valence-corrected chi connectivity index (χ3v) is 5.39. The first kappa shape index (κ1) is 18.9. The summed E-state index contributed by atoms with van der Waals surface area (Å²) >= 11 is 0. The molecule has 4 rings (SSSR count). The molecule has 148 valence electrons. The van der Waals surface area contributed by atoms with Crippen LogP contribution in [-0.2, 0) is 0 Å². The number of amides is 1. The van der Waals surface area contributed by atoms with Crippen LogP contribution in [0.15, 0.2) is 72.8 Å². The first-order chi connectivity index (χ1) is 14.2. The smallest absolute Gasteiger partial charge is 0.258 e. The quantitative estimate of drug-likeness (QED) is 0.666. The fraction of sp³-hybridized carbons (Fsp3) is 0.208. The summed E-state index contributed by atoms with van der Waals surface area (Å²) in [5, 5.41) is 3.54. The van der Waals surface area contributed by atoms with E-state index in [4.69, 9.17) is 9.47 Å². The van der Waals surface area contributed by atoms with Crippen molar-refractivity contribution in [2.45, 2.75) is 19.1 Å². The summed E-state index contributed by atoms with van der Waals surface area (Å²) in [7, 11) is 3.23. The fourth-order valence-corrected chi connectivity index (χ4v) is 3.92. The van der Waals surface area contributed by atoms with Gasteiger partial charge in [-0.25, -0.2) is 0 Å². The molecule has 0 fully saturated rings. The molecule has 3 aromatic rings. The highest BCUT2D eigenvalue weighted by atomic mass is 16.5. The zero-order chi connectivity index (χ0) is 20.4. The molecule has 29 heavy (non-hydrogen) atoms. The van der Waals surface area contributed by atoms with Gasteiger partial charge < -0.3 is 19.7 Å². The number of nitrogens with one attached hydrogen (secondary N) is 1. The van der Waals surface area contributed by atoms with Crippen LogP contribution in [0.25, 0.3) is 0 Å². The SMILES string of the molecule is COc1cccc([C@H]2Nc3ccccc3C(=O)N2[C@@H](C)c2ccccc2)c1OC. The third-order valence-electron chi connectivity index (χ3n) is 5.39. The monoisotopic (exact) mass is 388 g/mol. The van der Waals surface area contributed by atoms with Gasteiger partial charge in [-0.05, 0) is 30.7 Å². The molecule has 0 saturated carbocycles. The molecule has 0 spiro atoms. The standard InChI is InChI=1S/C24H24N2O3/c1-16(17-10-5-4-6-11-17)26-23(19-13-9-15-21(28-2)22(19)29-3)25-20-14-8-7-12-18(20)24(26)27/h4-16,23,25H,1-3H3/t16-,23-/m0/s1. The summed E-state index contributed by atoms with van der Waals surface area (Å²) < 4.78 is 11.2. The van der Waals surface area contributed by atoms with Crippen molar-refractivity contribution in [1.29, 1.82) is 0 Å². The Bertz CT molecular complexity index is 1020. The summed E-state index contributed by atoms with van der Waals surface area (Å²) in [4.78, 5) is 15.5. The van der Waals surface area contributed by atoms with Crippen LogP contribution in [0.3, 0.4) is 0 Å². The second-order valence-electron chi connectivity index (χ2n) is 6.97. The number of anilines is 1. The Balaban J connectivity index is 1.87. The van der Waals surface area contributed by atoms with E-state index in [0.717, 1.165) is 16.8 Å². The van der Waals surface area contributed by atoms with Crippen molar-refractivity contribution in [3.63, 3.8) is 0 Å². The Morgan fingerprint density at radius 3 is 2.34 bits per heavy atom. The molecule has 5 heteroatoms. The van der Waals surface area contributed by atoms with Gasteiger partial charge in [-0.15, -0.1) is 0 Å². The van der Waals surface area contributed by atoms with Gasteiger partial charge in [-0.2, -0.15) is 0 Å². The van der Waals surface area contributed by atoms with Gasteiger partial charge in [0.1, 0.15) is 6.17 Å². The first-order valence-corrected chi connectivity index (χ1v) is 9.59.